The van der Waals surface area contributed by atoms with E-state index in [9.17, 15) is 9.18 Å². The number of hydrogen-bond donors (Lipinski definition) is 1. The van der Waals surface area contributed by atoms with Gasteiger partial charge in [0.2, 0.25) is 5.91 Å². The number of thiophene rings is 1. The molecule has 0 spiro atoms. The van der Waals surface area contributed by atoms with Crippen molar-refractivity contribution < 1.29 is 13.9 Å². The number of para-hydroxylation sites is 1. The van der Waals surface area contributed by atoms with Gasteiger partial charge in [-0.1, -0.05) is 6.07 Å². The monoisotopic (exact) mass is 357 g/mol. The average molecular weight is 357 g/mol. The van der Waals surface area contributed by atoms with Crippen LogP contribution >= 0.6 is 11.3 Å². The van der Waals surface area contributed by atoms with Gasteiger partial charge in [0.15, 0.2) is 0 Å². The summed E-state index contributed by atoms with van der Waals surface area (Å²) in [6.07, 6.45) is 4.05. The molecule has 1 aliphatic rings. The van der Waals surface area contributed by atoms with E-state index < -0.39 is 5.82 Å². The predicted molar refractivity (Wildman–Crippen MR) is 93.5 cm³/mol. The second kappa shape index (κ2) is 6.78. The second-order valence-electron chi connectivity index (χ2n) is 5.76. The molecule has 0 radical (unpaired) electrons. The molecular weight excluding hydrogens is 341 g/mol. The van der Waals surface area contributed by atoms with Crippen LogP contribution in [0.5, 0.6) is 0 Å². The molecular formula is C18H16FN3O2S. The van der Waals surface area contributed by atoms with Crippen molar-refractivity contribution in [1.82, 2.24) is 9.78 Å². The van der Waals surface area contributed by atoms with Gasteiger partial charge in [-0.05, 0) is 41.6 Å². The zero-order chi connectivity index (χ0) is 17.2. The summed E-state index contributed by atoms with van der Waals surface area (Å²) in [5, 5.41) is 8.81. The first-order chi connectivity index (χ1) is 12.2. The Bertz CT molecular complexity index is 892. The zero-order valence-electron chi connectivity index (χ0n) is 13.3. The lowest BCUT2D eigenvalue weighted by atomic mass is 10.1. The Hall–Kier alpha value is -2.51. The number of nitrogens with one attached hydrogen (secondary N) is 1. The van der Waals surface area contributed by atoms with Crippen molar-refractivity contribution in [3.05, 3.63) is 64.4 Å². The first-order valence-electron chi connectivity index (χ1n) is 7.98. The molecule has 1 atom stereocenters. The fraction of sp³-hybridized carbons (Fsp3) is 0.222. The highest BCUT2D eigenvalue weighted by molar-refractivity contribution is 7.10. The van der Waals surface area contributed by atoms with Crippen LogP contribution in [0.3, 0.4) is 0 Å². The predicted octanol–water partition coefficient (Wildman–Crippen LogP) is 3.72. The molecule has 4 rings (SSSR count). The fourth-order valence-electron chi connectivity index (χ4n) is 2.97. The number of amides is 1. The number of hydrogen-bond acceptors (Lipinski definition) is 4. The molecule has 3 aromatic rings. The van der Waals surface area contributed by atoms with Gasteiger partial charge in [0.25, 0.3) is 0 Å². The van der Waals surface area contributed by atoms with Crippen LogP contribution in [0.1, 0.15) is 23.0 Å². The fourth-order valence-corrected chi connectivity index (χ4v) is 3.98. The van der Waals surface area contributed by atoms with Gasteiger partial charge in [-0.2, -0.15) is 5.10 Å². The number of nitrogens with zero attached hydrogens (tertiary/aromatic N) is 2. The summed E-state index contributed by atoms with van der Waals surface area (Å²) >= 11 is 1.59. The largest absolute Gasteiger partial charge is 0.372 e. The third-order valence-electron chi connectivity index (χ3n) is 4.14. The summed E-state index contributed by atoms with van der Waals surface area (Å²) in [6.45, 7) is 0.597. The smallest absolute Gasteiger partial charge is 0.227 e. The molecule has 25 heavy (non-hydrogen) atoms. The molecule has 5 nitrogen and oxygen atoms in total. The first kappa shape index (κ1) is 16.0. The molecule has 0 saturated heterocycles. The number of halogens is 1. The van der Waals surface area contributed by atoms with Gasteiger partial charge < -0.3 is 10.1 Å². The summed E-state index contributed by atoms with van der Waals surface area (Å²) in [5.41, 5.74) is 1.84. The molecule has 0 aliphatic carbocycles. The summed E-state index contributed by atoms with van der Waals surface area (Å²) in [4.78, 5) is 13.6. The Morgan fingerprint density at radius 3 is 3.16 bits per heavy atom. The van der Waals surface area contributed by atoms with Gasteiger partial charge in [-0.3, -0.25) is 4.79 Å². The number of carbonyl (C=O) groups is 1. The average Bonchev–Trinajstić information content (AvgIpc) is 3.28. The van der Waals surface area contributed by atoms with Crippen LogP contribution < -0.4 is 5.32 Å². The Morgan fingerprint density at radius 1 is 1.40 bits per heavy atom. The molecule has 1 aromatic carbocycles. The number of rotatable bonds is 4. The highest BCUT2D eigenvalue weighted by atomic mass is 32.1. The maximum absolute atomic E-state index is 14.3. The molecule has 1 unspecified atom stereocenters. The molecule has 0 bridgehead atoms. The molecule has 2 aromatic heterocycles. The molecule has 1 aliphatic heterocycles. The van der Waals surface area contributed by atoms with Crippen molar-refractivity contribution in [2.45, 2.75) is 18.9 Å². The third-order valence-corrected chi connectivity index (χ3v) is 5.19. The van der Waals surface area contributed by atoms with E-state index in [1.165, 1.54) is 16.3 Å². The van der Waals surface area contributed by atoms with E-state index >= 15 is 0 Å². The number of benzene rings is 1. The summed E-state index contributed by atoms with van der Waals surface area (Å²) in [7, 11) is 0. The SMILES string of the molecule is O=C(CC1OCCc2ccsc21)Nc1c(F)cccc1-n1cccn1. The number of aromatic nitrogens is 2. The highest BCUT2D eigenvalue weighted by Gasteiger charge is 2.25. The van der Waals surface area contributed by atoms with Crippen LogP contribution in [0.2, 0.25) is 0 Å². The second-order valence-corrected chi connectivity index (χ2v) is 6.70. The minimum absolute atomic E-state index is 0.124. The first-order valence-corrected chi connectivity index (χ1v) is 8.86. The van der Waals surface area contributed by atoms with Gasteiger partial charge in [0, 0.05) is 17.3 Å². The number of fused-ring (bicyclic) bond motifs is 1. The lowest BCUT2D eigenvalue weighted by molar-refractivity contribution is -0.119. The molecule has 128 valence electrons. The Balaban J connectivity index is 1.55. The minimum Gasteiger partial charge on any atom is -0.372 e. The van der Waals surface area contributed by atoms with Crippen LogP contribution in [0.4, 0.5) is 10.1 Å². The highest BCUT2D eigenvalue weighted by Crippen LogP contribution is 2.34. The van der Waals surface area contributed by atoms with Gasteiger partial charge in [0.05, 0.1) is 18.7 Å². The van der Waals surface area contributed by atoms with Gasteiger partial charge in [-0.15, -0.1) is 11.3 Å². The summed E-state index contributed by atoms with van der Waals surface area (Å²) < 4.78 is 21.5. The van der Waals surface area contributed by atoms with E-state index in [2.05, 4.69) is 16.5 Å². The van der Waals surface area contributed by atoms with Gasteiger partial charge in [0.1, 0.15) is 17.6 Å². The standard InChI is InChI=1S/C18H16FN3O2S/c19-13-3-1-4-14(22-8-2-7-20-22)17(13)21-16(23)11-15-18-12(5-9-24-15)6-10-25-18/h1-4,6-8,10,15H,5,9,11H2,(H,21,23). The Kier molecular flexibility index (Phi) is 4.33. The van der Waals surface area contributed by atoms with E-state index in [0.29, 0.717) is 12.3 Å². The molecule has 7 heteroatoms. The van der Waals surface area contributed by atoms with Crippen LogP contribution in [0.15, 0.2) is 48.1 Å². The lowest BCUT2D eigenvalue weighted by Gasteiger charge is -2.23. The van der Waals surface area contributed by atoms with Crippen molar-refractivity contribution in [3.63, 3.8) is 0 Å². The van der Waals surface area contributed by atoms with Crippen LogP contribution in [-0.2, 0) is 16.0 Å². The summed E-state index contributed by atoms with van der Waals surface area (Å²) in [6, 6.07) is 8.42. The molecule has 3 heterocycles. The van der Waals surface area contributed by atoms with E-state index in [1.807, 2.05) is 5.38 Å². The molecule has 1 N–H and O–H groups in total. The third kappa shape index (κ3) is 3.20. The van der Waals surface area contributed by atoms with Gasteiger partial charge in [-0.25, -0.2) is 9.07 Å². The summed E-state index contributed by atoms with van der Waals surface area (Å²) in [5.74, 6) is -0.785. The molecule has 0 saturated carbocycles. The number of ether oxygens (including phenoxy) is 1. The van der Waals surface area contributed by atoms with E-state index in [4.69, 9.17) is 4.74 Å². The maximum atomic E-state index is 14.3. The van der Waals surface area contributed by atoms with Crippen molar-refractivity contribution in [2.24, 2.45) is 0 Å². The van der Waals surface area contributed by atoms with Gasteiger partial charge >= 0.3 is 0 Å². The van der Waals surface area contributed by atoms with E-state index in [0.717, 1.165) is 11.3 Å². The maximum Gasteiger partial charge on any atom is 0.227 e. The van der Waals surface area contributed by atoms with Crippen LogP contribution in [0.25, 0.3) is 5.69 Å². The van der Waals surface area contributed by atoms with E-state index in [1.54, 1.807) is 41.9 Å². The number of anilines is 1. The normalized spacial score (nSPS) is 16.4. The number of carbonyl (C=O) groups excluding carboxylic acids is 1. The van der Waals surface area contributed by atoms with Crippen LogP contribution in [0, 0.1) is 5.82 Å². The zero-order valence-corrected chi connectivity index (χ0v) is 14.1. The van der Waals surface area contributed by atoms with Crippen molar-refractivity contribution in [2.75, 3.05) is 11.9 Å². The van der Waals surface area contributed by atoms with Crippen molar-refractivity contribution in [3.8, 4) is 5.69 Å². The Labute approximate surface area is 148 Å². The topological polar surface area (TPSA) is 56.1 Å². The molecule has 0 fully saturated rings. The molecule has 1 amide bonds. The van der Waals surface area contributed by atoms with Crippen molar-refractivity contribution in [1.29, 1.82) is 0 Å². The lowest BCUT2D eigenvalue weighted by Crippen LogP contribution is -2.22. The van der Waals surface area contributed by atoms with Crippen molar-refractivity contribution >= 4 is 22.9 Å². The minimum atomic E-state index is -0.497. The van der Waals surface area contributed by atoms with Crippen LogP contribution in [-0.4, -0.2) is 22.3 Å². The van der Waals surface area contributed by atoms with E-state index in [-0.39, 0.29) is 24.1 Å². The quantitative estimate of drug-likeness (QED) is 0.774. The Morgan fingerprint density at radius 2 is 2.32 bits per heavy atom.